The number of hydrogen-bond donors (Lipinski definition) is 0. The summed E-state index contributed by atoms with van der Waals surface area (Å²) in [7, 11) is 1.42. The largest absolute Gasteiger partial charge is 0.469 e. The average Bonchev–Trinajstić information content (AvgIpc) is 2.53. The van der Waals surface area contributed by atoms with Crippen LogP contribution in [-0.4, -0.2) is 18.0 Å². The first-order chi connectivity index (χ1) is 10.6. The summed E-state index contributed by atoms with van der Waals surface area (Å²) in [4.78, 5) is 21.1. The molecular weight excluding hydrogens is 282 g/mol. The summed E-state index contributed by atoms with van der Waals surface area (Å²) in [6.07, 6.45) is 9.33. The fraction of sp³-hybridized carbons (Fsp3) is 0.588. The molecule has 0 radical (unpaired) electrons. The van der Waals surface area contributed by atoms with Crippen molar-refractivity contribution in [2.24, 2.45) is 0 Å². The van der Waals surface area contributed by atoms with Gasteiger partial charge in [0.2, 0.25) is 0 Å². The Hall–Kier alpha value is -1.91. The lowest BCUT2D eigenvalue weighted by Crippen LogP contribution is -1.99. The number of ether oxygens (including phenoxy) is 1. The number of benzene rings is 1. The number of esters is 1. The van der Waals surface area contributed by atoms with Crippen LogP contribution in [0.3, 0.4) is 0 Å². The first-order valence-electron chi connectivity index (χ1n) is 7.93. The number of non-ortho nitro benzene ring substituents is 1. The molecule has 1 rings (SSSR count). The molecule has 5 heteroatoms. The van der Waals surface area contributed by atoms with Gasteiger partial charge in [-0.3, -0.25) is 14.9 Å². The number of nitrogens with zero attached hydrogens (tertiary/aromatic N) is 1. The van der Waals surface area contributed by atoms with Crippen LogP contribution >= 0.6 is 0 Å². The second-order valence-electron chi connectivity index (χ2n) is 5.47. The molecule has 0 saturated carbocycles. The van der Waals surface area contributed by atoms with Crippen molar-refractivity contribution in [2.45, 2.75) is 57.8 Å². The summed E-state index contributed by atoms with van der Waals surface area (Å²) in [5.74, 6) is -0.122. The van der Waals surface area contributed by atoms with E-state index in [-0.39, 0.29) is 16.6 Å². The Balaban J connectivity index is 1.99. The lowest BCUT2D eigenvalue weighted by molar-refractivity contribution is -0.384. The number of nitro benzene ring substituents is 1. The summed E-state index contributed by atoms with van der Waals surface area (Å²) >= 11 is 0. The van der Waals surface area contributed by atoms with Crippen molar-refractivity contribution in [3.63, 3.8) is 0 Å². The fourth-order valence-electron chi connectivity index (χ4n) is 2.37. The van der Waals surface area contributed by atoms with Gasteiger partial charge in [-0.25, -0.2) is 0 Å². The van der Waals surface area contributed by atoms with Crippen molar-refractivity contribution in [3.8, 4) is 0 Å². The lowest BCUT2D eigenvalue weighted by Gasteiger charge is -2.03. The normalized spacial score (nSPS) is 10.4. The Kier molecular flexibility index (Phi) is 8.88. The van der Waals surface area contributed by atoms with Gasteiger partial charge in [0.05, 0.1) is 12.0 Å². The van der Waals surface area contributed by atoms with Crippen LogP contribution in [0.1, 0.15) is 56.9 Å². The molecule has 0 aromatic heterocycles. The van der Waals surface area contributed by atoms with E-state index in [1.807, 2.05) is 12.1 Å². The van der Waals surface area contributed by atoms with Gasteiger partial charge in [-0.15, -0.1) is 0 Å². The smallest absolute Gasteiger partial charge is 0.305 e. The minimum Gasteiger partial charge on any atom is -0.469 e. The number of methoxy groups -OCH3 is 1. The molecule has 0 N–H and O–H groups in total. The van der Waals surface area contributed by atoms with Gasteiger partial charge >= 0.3 is 5.97 Å². The van der Waals surface area contributed by atoms with Crippen LogP contribution in [0, 0.1) is 10.1 Å². The third-order valence-corrected chi connectivity index (χ3v) is 3.72. The van der Waals surface area contributed by atoms with Gasteiger partial charge in [-0.2, -0.15) is 0 Å². The third kappa shape index (κ3) is 7.76. The van der Waals surface area contributed by atoms with Gasteiger partial charge in [-0.1, -0.05) is 44.2 Å². The van der Waals surface area contributed by atoms with Crippen molar-refractivity contribution in [1.82, 2.24) is 0 Å². The van der Waals surface area contributed by atoms with Gasteiger partial charge in [-0.05, 0) is 24.8 Å². The third-order valence-electron chi connectivity index (χ3n) is 3.72. The van der Waals surface area contributed by atoms with Crippen LogP contribution in [0.4, 0.5) is 5.69 Å². The molecular formula is C17H25NO4. The van der Waals surface area contributed by atoms with Crippen molar-refractivity contribution in [3.05, 3.63) is 39.9 Å². The van der Waals surface area contributed by atoms with Crippen molar-refractivity contribution in [1.29, 1.82) is 0 Å². The highest BCUT2D eigenvalue weighted by Crippen LogP contribution is 2.15. The van der Waals surface area contributed by atoms with E-state index >= 15 is 0 Å². The van der Waals surface area contributed by atoms with E-state index < -0.39 is 0 Å². The molecule has 22 heavy (non-hydrogen) atoms. The highest BCUT2D eigenvalue weighted by molar-refractivity contribution is 5.68. The SMILES string of the molecule is COC(=O)CCCCCCCCCc1ccc([N+](=O)[O-])cc1. The number of carbonyl (C=O) groups excluding carboxylic acids is 1. The molecule has 0 aliphatic rings. The van der Waals surface area contributed by atoms with E-state index in [2.05, 4.69) is 4.74 Å². The van der Waals surface area contributed by atoms with E-state index in [4.69, 9.17) is 0 Å². The van der Waals surface area contributed by atoms with Crippen LogP contribution in [0.2, 0.25) is 0 Å². The van der Waals surface area contributed by atoms with Crippen molar-refractivity contribution in [2.75, 3.05) is 7.11 Å². The number of rotatable bonds is 11. The number of nitro groups is 1. The summed E-state index contributed by atoms with van der Waals surface area (Å²) in [6, 6.07) is 6.81. The van der Waals surface area contributed by atoms with Crippen LogP contribution in [0.5, 0.6) is 0 Å². The first-order valence-corrected chi connectivity index (χ1v) is 7.93. The fourth-order valence-corrected chi connectivity index (χ4v) is 2.37. The highest BCUT2D eigenvalue weighted by atomic mass is 16.6. The minimum atomic E-state index is -0.371. The molecule has 0 bridgehead atoms. The van der Waals surface area contributed by atoms with Crippen LogP contribution in [-0.2, 0) is 16.0 Å². The van der Waals surface area contributed by atoms with Gasteiger partial charge < -0.3 is 4.74 Å². The highest BCUT2D eigenvalue weighted by Gasteiger charge is 2.03. The second kappa shape index (κ2) is 10.8. The maximum atomic E-state index is 10.9. The lowest BCUT2D eigenvalue weighted by atomic mass is 10.0. The van der Waals surface area contributed by atoms with Gasteiger partial charge in [0.25, 0.3) is 5.69 Å². The van der Waals surface area contributed by atoms with Gasteiger partial charge in [0, 0.05) is 18.6 Å². The van der Waals surface area contributed by atoms with E-state index in [0.29, 0.717) is 6.42 Å². The Labute approximate surface area is 131 Å². The van der Waals surface area contributed by atoms with Gasteiger partial charge in [0.15, 0.2) is 0 Å². The molecule has 0 spiro atoms. The van der Waals surface area contributed by atoms with E-state index in [0.717, 1.165) is 37.7 Å². The average molecular weight is 307 g/mol. The summed E-state index contributed by atoms with van der Waals surface area (Å²) < 4.78 is 4.60. The van der Waals surface area contributed by atoms with E-state index in [1.54, 1.807) is 12.1 Å². The van der Waals surface area contributed by atoms with E-state index in [1.165, 1.54) is 26.4 Å². The topological polar surface area (TPSA) is 69.4 Å². The number of unbranched alkanes of at least 4 members (excludes halogenated alkanes) is 6. The zero-order chi connectivity index (χ0) is 16.2. The van der Waals surface area contributed by atoms with Gasteiger partial charge in [0.1, 0.15) is 0 Å². The first kappa shape index (κ1) is 18.1. The summed E-state index contributed by atoms with van der Waals surface area (Å²) in [5, 5.41) is 10.6. The molecule has 5 nitrogen and oxygen atoms in total. The molecule has 1 aromatic rings. The molecule has 0 amide bonds. The maximum absolute atomic E-state index is 10.9. The van der Waals surface area contributed by atoms with E-state index in [9.17, 15) is 14.9 Å². The Morgan fingerprint density at radius 3 is 2.09 bits per heavy atom. The molecule has 122 valence electrons. The molecule has 0 unspecified atom stereocenters. The predicted molar refractivity (Wildman–Crippen MR) is 85.8 cm³/mol. The predicted octanol–water partition coefficient (Wildman–Crippen LogP) is 4.43. The van der Waals surface area contributed by atoms with Crippen LogP contribution in [0.15, 0.2) is 24.3 Å². The quantitative estimate of drug-likeness (QED) is 0.262. The summed E-state index contributed by atoms with van der Waals surface area (Å²) in [6.45, 7) is 0. The second-order valence-corrected chi connectivity index (χ2v) is 5.47. The summed E-state index contributed by atoms with van der Waals surface area (Å²) in [5.41, 5.74) is 1.30. The minimum absolute atomic E-state index is 0.122. The molecule has 0 saturated heterocycles. The number of aryl methyl sites for hydroxylation is 1. The monoisotopic (exact) mass is 307 g/mol. The molecule has 0 aliphatic heterocycles. The molecule has 0 heterocycles. The van der Waals surface area contributed by atoms with Crippen molar-refractivity contribution < 1.29 is 14.5 Å². The molecule has 1 aromatic carbocycles. The van der Waals surface area contributed by atoms with Crippen molar-refractivity contribution >= 4 is 11.7 Å². The van der Waals surface area contributed by atoms with Crippen LogP contribution in [0.25, 0.3) is 0 Å². The standard InChI is InChI=1S/C17H25NO4/c1-22-17(19)10-8-6-4-2-3-5-7-9-15-11-13-16(14-12-15)18(20)21/h11-14H,2-10H2,1H3. The number of carbonyl (C=O) groups is 1. The zero-order valence-electron chi connectivity index (χ0n) is 13.3. The Morgan fingerprint density at radius 1 is 1.00 bits per heavy atom. The van der Waals surface area contributed by atoms with Crippen LogP contribution < -0.4 is 0 Å². The number of hydrogen-bond acceptors (Lipinski definition) is 4. The molecule has 0 atom stereocenters. The Bertz CT molecular complexity index is 456. The molecule has 0 aliphatic carbocycles. The Morgan fingerprint density at radius 2 is 1.55 bits per heavy atom. The zero-order valence-corrected chi connectivity index (χ0v) is 13.3. The maximum Gasteiger partial charge on any atom is 0.305 e. The molecule has 0 fully saturated rings.